The van der Waals surface area contributed by atoms with Gasteiger partial charge in [-0.2, -0.15) is 0 Å². The van der Waals surface area contributed by atoms with Crippen molar-refractivity contribution in [1.29, 1.82) is 0 Å². The lowest BCUT2D eigenvalue weighted by atomic mass is 10.1. The number of rotatable bonds is 12. The van der Waals surface area contributed by atoms with Crippen LogP contribution >= 0.6 is 23.4 Å². The summed E-state index contributed by atoms with van der Waals surface area (Å²) < 4.78 is 11.0. The highest BCUT2D eigenvalue weighted by atomic mass is 35.5. The fourth-order valence-corrected chi connectivity index (χ4v) is 6.21. The van der Waals surface area contributed by atoms with Gasteiger partial charge in [0.2, 0.25) is 5.91 Å². The smallest absolute Gasteiger partial charge is 0.272 e. The number of halogens is 1. The van der Waals surface area contributed by atoms with Gasteiger partial charge in [-0.1, -0.05) is 84.4 Å². The average molecular weight is 692 g/mol. The van der Waals surface area contributed by atoms with Crippen LogP contribution in [0.5, 0.6) is 11.5 Å². The second-order valence-corrected chi connectivity index (χ2v) is 12.3. The summed E-state index contributed by atoms with van der Waals surface area (Å²) in [6, 6.07) is 35.8. The van der Waals surface area contributed by atoms with E-state index in [0.29, 0.717) is 39.0 Å². The first-order valence-corrected chi connectivity index (χ1v) is 16.5. The molecular weight excluding hydrogens is 658 g/mol. The standard InChI is InChI=1S/C39H34ClN3O5S/c1-25-31(40)20-12-21-32(25)42-39(46)36(26-13-6-4-7-14-26)49-30-19-11-18-29(24-30)41-38(45)33(43-37(44)27-15-8-5-9-16-27)23-28-17-10-22-34(47-2)35(28)48-3/h4-24,36H,1-3H3,(H,41,45)(H,42,46)(H,43,44)/b33-23+. The number of carbonyl (C=O) groups is 3. The van der Waals surface area contributed by atoms with Gasteiger partial charge in [-0.05, 0) is 72.7 Å². The maximum atomic E-state index is 13.8. The Kier molecular flexibility index (Phi) is 11.8. The molecule has 5 aromatic carbocycles. The molecule has 8 nitrogen and oxygen atoms in total. The third-order valence-corrected chi connectivity index (χ3v) is 9.13. The number of anilines is 2. The largest absolute Gasteiger partial charge is 0.493 e. The van der Waals surface area contributed by atoms with Crippen molar-refractivity contribution in [3.05, 3.63) is 154 Å². The Bertz CT molecular complexity index is 1990. The van der Waals surface area contributed by atoms with Crippen LogP contribution in [0.15, 0.2) is 132 Å². The van der Waals surface area contributed by atoms with Gasteiger partial charge in [-0.25, -0.2) is 0 Å². The summed E-state index contributed by atoms with van der Waals surface area (Å²) in [7, 11) is 3.02. The molecule has 1 atom stereocenters. The van der Waals surface area contributed by atoms with Crippen LogP contribution in [-0.4, -0.2) is 31.9 Å². The summed E-state index contributed by atoms with van der Waals surface area (Å²) in [6.07, 6.45) is 1.53. The summed E-state index contributed by atoms with van der Waals surface area (Å²) in [5.74, 6) is -0.375. The lowest BCUT2D eigenvalue weighted by molar-refractivity contribution is -0.116. The molecule has 0 aliphatic heterocycles. The maximum absolute atomic E-state index is 13.8. The number of hydrogen-bond acceptors (Lipinski definition) is 6. The van der Waals surface area contributed by atoms with Crippen molar-refractivity contribution in [1.82, 2.24) is 5.32 Å². The number of hydrogen-bond donors (Lipinski definition) is 3. The molecule has 49 heavy (non-hydrogen) atoms. The zero-order valence-corrected chi connectivity index (χ0v) is 28.6. The molecule has 248 valence electrons. The van der Waals surface area contributed by atoms with Crippen LogP contribution in [0.25, 0.3) is 6.08 Å². The number of ether oxygens (including phenoxy) is 2. The fourth-order valence-electron chi connectivity index (χ4n) is 4.95. The van der Waals surface area contributed by atoms with Crippen LogP contribution in [-0.2, 0) is 9.59 Å². The number of carbonyl (C=O) groups excluding carboxylic acids is 3. The highest BCUT2D eigenvalue weighted by Crippen LogP contribution is 2.38. The van der Waals surface area contributed by atoms with Crippen LogP contribution in [0.2, 0.25) is 5.02 Å². The Hall–Kier alpha value is -5.51. The molecule has 0 aromatic heterocycles. The molecule has 0 bridgehead atoms. The van der Waals surface area contributed by atoms with E-state index in [-0.39, 0.29) is 11.6 Å². The summed E-state index contributed by atoms with van der Waals surface area (Å²) in [6.45, 7) is 1.85. The molecule has 5 aromatic rings. The number of amides is 3. The van der Waals surface area contributed by atoms with E-state index in [4.69, 9.17) is 21.1 Å². The molecule has 0 saturated carbocycles. The van der Waals surface area contributed by atoms with Crippen LogP contribution in [0.3, 0.4) is 0 Å². The van der Waals surface area contributed by atoms with Gasteiger partial charge < -0.3 is 25.4 Å². The van der Waals surface area contributed by atoms with Gasteiger partial charge in [-0.3, -0.25) is 14.4 Å². The van der Waals surface area contributed by atoms with Crippen molar-refractivity contribution in [3.8, 4) is 11.5 Å². The topological polar surface area (TPSA) is 106 Å². The highest BCUT2D eigenvalue weighted by molar-refractivity contribution is 8.00. The van der Waals surface area contributed by atoms with Crippen LogP contribution in [0.4, 0.5) is 11.4 Å². The Balaban J connectivity index is 1.42. The third kappa shape index (κ3) is 8.90. The minimum absolute atomic E-state index is 0.0168. The molecule has 3 N–H and O–H groups in total. The second kappa shape index (κ2) is 16.5. The number of para-hydroxylation sites is 1. The summed E-state index contributed by atoms with van der Waals surface area (Å²) in [5, 5.41) is 8.61. The zero-order valence-electron chi connectivity index (χ0n) is 27.0. The fraction of sp³-hybridized carbons (Fsp3) is 0.103. The number of benzene rings is 5. The maximum Gasteiger partial charge on any atom is 0.272 e. The van der Waals surface area contributed by atoms with Crippen molar-refractivity contribution in [2.24, 2.45) is 0 Å². The molecule has 0 saturated heterocycles. The molecule has 0 radical (unpaired) electrons. The molecule has 0 aliphatic carbocycles. The summed E-state index contributed by atoms with van der Waals surface area (Å²) in [5.41, 5.74) is 3.56. The summed E-state index contributed by atoms with van der Waals surface area (Å²) in [4.78, 5) is 41.5. The van der Waals surface area contributed by atoms with E-state index in [1.54, 1.807) is 78.9 Å². The quantitative estimate of drug-likeness (QED) is 0.0895. The molecule has 1 unspecified atom stereocenters. The lowest BCUT2D eigenvalue weighted by Gasteiger charge is -2.19. The van der Waals surface area contributed by atoms with Gasteiger partial charge in [-0.15, -0.1) is 11.8 Å². The molecule has 0 spiro atoms. The van der Waals surface area contributed by atoms with E-state index in [1.807, 2.05) is 49.4 Å². The van der Waals surface area contributed by atoms with Crippen molar-refractivity contribution >= 4 is 58.5 Å². The predicted octanol–water partition coefficient (Wildman–Crippen LogP) is 8.55. The molecule has 5 rings (SSSR count). The summed E-state index contributed by atoms with van der Waals surface area (Å²) >= 11 is 7.65. The number of nitrogens with one attached hydrogen (secondary N) is 3. The number of methoxy groups -OCH3 is 2. The molecule has 0 fully saturated rings. The Morgan fingerprint density at radius 2 is 1.47 bits per heavy atom. The van der Waals surface area contributed by atoms with Crippen molar-refractivity contribution in [2.45, 2.75) is 17.1 Å². The average Bonchev–Trinajstić information content (AvgIpc) is 3.12. The predicted molar refractivity (Wildman–Crippen MR) is 196 cm³/mol. The number of thioether (sulfide) groups is 1. The molecular formula is C39H34ClN3O5S. The van der Waals surface area contributed by atoms with Gasteiger partial charge in [0.1, 0.15) is 10.9 Å². The van der Waals surface area contributed by atoms with Crippen molar-refractivity contribution < 1.29 is 23.9 Å². The van der Waals surface area contributed by atoms with Gasteiger partial charge in [0.25, 0.3) is 11.8 Å². The van der Waals surface area contributed by atoms with Crippen molar-refractivity contribution in [3.63, 3.8) is 0 Å². The van der Waals surface area contributed by atoms with E-state index in [1.165, 1.54) is 32.1 Å². The van der Waals surface area contributed by atoms with Gasteiger partial charge in [0, 0.05) is 32.4 Å². The van der Waals surface area contributed by atoms with E-state index < -0.39 is 17.1 Å². The Morgan fingerprint density at radius 1 is 0.776 bits per heavy atom. The monoisotopic (exact) mass is 691 g/mol. The first-order valence-electron chi connectivity index (χ1n) is 15.3. The molecule has 3 amide bonds. The van der Waals surface area contributed by atoms with Crippen LogP contribution < -0.4 is 25.4 Å². The lowest BCUT2D eigenvalue weighted by Crippen LogP contribution is -2.30. The molecule has 10 heteroatoms. The SMILES string of the molecule is COc1cccc(/C=C(/NC(=O)c2ccccc2)C(=O)Nc2cccc(SC(C(=O)Nc3cccc(Cl)c3C)c3ccccc3)c2)c1OC. The van der Waals surface area contributed by atoms with Gasteiger partial charge in [0.15, 0.2) is 11.5 Å². The highest BCUT2D eigenvalue weighted by Gasteiger charge is 2.24. The Labute approximate surface area is 294 Å². The third-order valence-electron chi connectivity index (χ3n) is 7.47. The Morgan fingerprint density at radius 3 is 2.18 bits per heavy atom. The minimum Gasteiger partial charge on any atom is -0.493 e. The van der Waals surface area contributed by atoms with Gasteiger partial charge >= 0.3 is 0 Å². The van der Waals surface area contributed by atoms with Crippen LogP contribution in [0.1, 0.15) is 32.3 Å². The first-order chi connectivity index (χ1) is 23.8. The molecule has 0 heterocycles. The first kappa shape index (κ1) is 34.8. The van der Waals surface area contributed by atoms with Crippen LogP contribution in [0, 0.1) is 6.92 Å². The molecule has 0 aliphatic rings. The zero-order chi connectivity index (χ0) is 34.8. The van der Waals surface area contributed by atoms with E-state index in [9.17, 15) is 14.4 Å². The normalized spacial score (nSPS) is 11.6. The van der Waals surface area contributed by atoms with Crippen molar-refractivity contribution in [2.75, 3.05) is 24.9 Å². The van der Waals surface area contributed by atoms with Gasteiger partial charge in [0.05, 0.1) is 14.2 Å². The van der Waals surface area contributed by atoms with E-state index in [2.05, 4.69) is 16.0 Å². The van der Waals surface area contributed by atoms with E-state index >= 15 is 0 Å². The second-order valence-electron chi connectivity index (χ2n) is 10.8. The van der Waals surface area contributed by atoms with E-state index in [0.717, 1.165) is 16.0 Å². The minimum atomic E-state index is -0.619.